The lowest BCUT2D eigenvalue weighted by Crippen LogP contribution is -2.31. The van der Waals surface area contributed by atoms with Gasteiger partial charge < -0.3 is 9.97 Å². The van der Waals surface area contributed by atoms with Crippen LogP contribution in [0.25, 0.3) is 0 Å². The second kappa shape index (κ2) is 4.10. The topological polar surface area (TPSA) is 86.0 Å². The molecule has 0 fully saturated rings. The summed E-state index contributed by atoms with van der Waals surface area (Å²) in [5.41, 5.74) is -0.633. The Morgan fingerprint density at radius 2 is 1.76 bits per heavy atom. The van der Waals surface area contributed by atoms with Gasteiger partial charge in [0.1, 0.15) is 5.82 Å². The van der Waals surface area contributed by atoms with E-state index < -0.39 is 15.6 Å². The lowest BCUT2D eigenvalue weighted by molar-refractivity contribution is 0.592. The molecule has 2 aromatic rings. The van der Waals surface area contributed by atoms with Crippen LogP contribution in [0.3, 0.4) is 0 Å². The Morgan fingerprint density at radius 1 is 1.12 bits per heavy atom. The molecule has 0 aliphatic carbocycles. The van der Waals surface area contributed by atoms with Crippen LogP contribution in [0.4, 0.5) is 5.82 Å². The number of H-pyrrole nitrogens is 2. The maximum atomic E-state index is 12.1. The molecule has 0 unspecified atom stereocenters. The molecule has 0 amide bonds. The van der Waals surface area contributed by atoms with E-state index in [0.717, 1.165) is 4.31 Å². The summed E-state index contributed by atoms with van der Waals surface area (Å²) in [6, 6.07) is 6.02. The Hall–Kier alpha value is -2.02. The molecule has 0 saturated heterocycles. The van der Waals surface area contributed by atoms with Gasteiger partial charge in [-0.1, -0.05) is 0 Å². The third kappa shape index (κ3) is 1.96. The second-order valence-corrected chi connectivity index (χ2v) is 5.33. The maximum Gasteiger partial charge on any atom is 0.270 e. The van der Waals surface area contributed by atoms with Crippen molar-refractivity contribution in [3.63, 3.8) is 0 Å². The van der Waals surface area contributed by atoms with Gasteiger partial charge in [-0.05, 0) is 24.3 Å². The van der Waals surface area contributed by atoms with Gasteiger partial charge in [0.25, 0.3) is 15.6 Å². The molecule has 0 aromatic carbocycles. The van der Waals surface area contributed by atoms with E-state index >= 15 is 0 Å². The zero-order valence-corrected chi connectivity index (χ0v) is 9.86. The van der Waals surface area contributed by atoms with E-state index in [1.807, 2.05) is 0 Å². The molecule has 17 heavy (non-hydrogen) atoms. The zero-order chi connectivity index (χ0) is 12.5. The molecule has 0 radical (unpaired) electrons. The molecule has 2 heterocycles. The monoisotopic (exact) mass is 253 g/mol. The predicted molar refractivity (Wildman–Crippen MR) is 63.4 cm³/mol. The fraction of sp³-hybridized carbons (Fsp3) is 0.100. The third-order valence-electron chi connectivity index (χ3n) is 2.34. The molecular formula is C10H11N3O3S. The van der Waals surface area contributed by atoms with Gasteiger partial charge in [0.05, 0.1) is 0 Å². The summed E-state index contributed by atoms with van der Waals surface area (Å²) in [7, 11) is -2.45. The van der Waals surface area contributed by atoms with Gasteiger partial charge in [-0.25, -0.2) is 8.42 Å². The van der Waals surface area contributed by atoms with E-state index in [0.29, 0.717) is 5.82 Å². The zero-order valence-electron chi connectivity index (χ0n) is 9.04. The maximum absolute atomic E-state index is 12.1. The fourth-order valence-corrected chi connectivity index (χ4v) is 2.61. The summed E-state index contributed by atoms with van der Waals surface area (Å²) in [4.78, 5) is 16.3. The van der Waals surface area contributed by atoms with Crippen molar-refractivity contribution in [3.05, 3.63) is 47.0 Å². The summed E-state index contributed by atoms with van der Waals surface area (Å²) in [6.45, 7) is 0. The summed E-state index contributed by atoms with van der Waals surface area (Å²) >= 11 is 0. The van der Waals surface area contributed by atoms with Crippen molar-refractivity contribution < 1.29 is 8.42 Å². The quantitative estimate of drug-likeness (QED) is 0.836. The lowest BCUT2D eigenvalue weighted by atomic mass is 10.5. The molecule has 90 valence electrons. The first-order valence-corrected chi connectivity index (χ1v) is 6.27. The van der Waals surface area contributed by atoms with E-state index in [1.165, 1.54) is 25.4 Å². The Morgan fingerprint density at radius 3 is 2.35 bits per heavy atom. The van der Waals surface area contributed by atoms with E-state index in [9.17, 15) is 13.2 Å². The van der Waals surface area contributed by atoms with Crippen LogP contribution < -0.4 is 9.86 Å². The average Bonchev–Trinajstić information content (AvgIpc) is 2.81. The number of pyridine rings is 1. The van der Waals surface area contributed by atoms with Gasteiger partial charge in [-0.15, -0.1) is 0 Å². The van der Waals surface area contributed by atoms with Crippen molar-refractivity contribution in [2.45, 2.75) is 4.90 Å². The average molecular weight is 253 g/mol. The molecule has 2 aromatic heterocycles. The molecule has 7 heteroatoms. The summed E-state index contributed by atoms with van der Waals surface area (Å²) in [5, 5.41) is 0. The Balaban J connectivity index is 2.52. The standard InChI is InChI=1S/C10H11N3O3S/c1-13(9-5-3-6-11-9)17(15,16)8-4-2-7-12-10(8)14/h2-7,11H,1H3,(H,12,14). The highest BCUT2D eigenvalue weighted by molar-refractivity contribution is 7.92. The van der Waals surface area contributed by atoms with E-state index in [2.05, 4.69) is 9.97 Å². The molecule has 0 saturated carbocycles. The molecule has 0 spiro atoms. The Bertz CT molecular complexity index is 658. The minimum atomic E-state index is -3.83. The number of hydrogen-bond acceptors (Lipinski definition) is 3. The Kier molecular flexibility index (Phi) is 2.76. The van der Waals surface area contributed by atoms with Crippen molar-refractivity contribution in [1.29, 1.82) is 0 Å². The highest BCUT2D eigenvalue weighted by Gasteiger charge is 2.24. The van der Waals surface area contributed by atoms with Gasteiger partial charge in [0, 0.05) is 19.4 Å². The van der Waals surface area contributed by atoms with Gasteiger partial charge in [-0.3, -0.25) is 9.10 Å². The first kappa shape index (κ1) is 11.5. The van der Waals surface area contributed by atoms with Crippen LogP contribution in [0, 0.1) is 0 Å². The highest BCUT2D eigenvalue weighted by Crippen LogP contribution is 2.17. The smallest absolute Gasteiger partial charge is 0.270 e. The second-order valence-electron chi connectivity index (χ2n) is 3.39. The fourth-order valence-electron chi connectivity index (χ4n) is 1.40. The van der Waals surface area contributed by atoms with Crippen LogP contribution in [0.1, 0.15) is 0 Å². The predicted octanol–water partition coefficient (Wildman–Crippen LogP) is 0.528. The summed E-state index contributed by atoms with van der Waals surface area (Å²) in [6.07, 6.45) is 2.99. The van der Waals surface area contributed by atoms with Crippen molar-refractivity contribution >= 4 is 15.8 Å². The Labute approximate surface area is 98.0 Å². The van der Waals surface area contributed by atoms with Gasteiger partial charge >= 0.3 is 0 Å². The van der Waals surface area contributed by atoms with E-state index in [1.54, 1.807) is 18.3 Å². The molecule has 2 rings (SSSR count). The van der Waals surface area contributed by atoms with Gasteiger partial charge in [0.15, 0.2) is 4.90 Å². The number of anilines is 1. The van der Waals surface area contributed by atoms with Gasteiger partial charge in [-0.2, -0.15) is 0 Å². The van der Waals surface area contributed by atoms with E-state index in [-0.39, 0.29) is 4.90 Å². The van der Waals surface area contributed by atoms with Gasteiger partial charge in [0.2, 0.25) is 0 Å². The van der Waals surface area contributed by atoms with Crippen LogP contribution in [-0.2, 0) is 10.0 Å². The molecule has 2 N–H and O–H groups in total. The first-order valence-electron chi connectivity index (χ1n) is 4.83. The molecule has 0 aliphatic heterocycles. The number of aromatic amines is 2. The molecule has 0 aliphatic rings. The number of hydrogen-bond donors (Lipinski definition) is 2. The molecule has 6 nitrogen and oxygen atoms in total. The van der Waals surface area contributed by atoms with Crippen LogP contribution in [0.2, 0.25) is 0 Å². The van der Waals surface area contributed by atoms with Crippen LogP contribution in [0.15, 0.2) is 46.3 Å². The minimum absolute atomic E-state index is 0.280. The van der Waals surface area contributed by atoms with Crippen molar-refractivity contribution in [3.8, 4) is 0 Å². The van der Waals surface area contributed by atoms with Crippen molar-refractivity contribution in [1.82, 2.24) is 9.97 Å². The number of rotatable bonds is 3. The number of aromatic nitrogens is 2. The number of sulfonamides is 1. The van der Waals surface area contributed by atoms with Crippen molar-refractivity contribution in [2.24, 2.45) is 0 Å². The first-order chi connectivity index (χ1) is 8.03. The number of nitrogens with zero attached hydrogens (tertiary/aromatic N) is 1. The summed E-state index contributed by atoms with van der Waals surface area (Å²) < 4.78 is 25.3. The van der Waals surface area contributed by atoms with Crippen molar-refractivity contribution in [2.75, 3.05) is 11.4 Å². The number of nitrogens with one attached hydrogen (secondary N) is 2. The lowest BCUT2D eigenvalue weighted by Gasteiger charge is -2.16. The van der Waals surface area contributed by atoms with Crippen LogP contribution in [0.5, 0.6) is 0 Å². The van der Waals surface area contributed by atoms with E-state index in [4.69, 9.17) is 0 Å². The highest BCUT2D eigenvalue weighted by atomic mass is 32.2. The molecular weight excluding hydrogens is 242 g/mol. The SMILES string of the molecule is CN(c1ccc[nH]1)S(=O)(=O)c1ccc[nH]c1=O. The minimum Gasteiger partial charge on any atom is -0.348 e. The van der Waals surface area contributed by atoms with Crippen LogP contribution >= 0.6 is 0 Å². The molecule has 0 bridgehead atoms. The molecule has 0 atom stereocenters. The van der Waals surface area contributed by atoms with Crippen LogP contribution in [-0.4, -0.2) is 25.4 Å². The normalized spacial score (nSPS) is 11.4. The summed E-state index contributed by atoms with van der Waals surface area (Å²) in [5.74, 6) is 0.397. The third-order valence-corrected chi connectivity index (χ3v) is 4.14. The largest absolute Gasteiger partial charge is 0.348 e.